The highest BCUT2D eigenvalue weighted by Gasteiger charge is 2.13. The number of benzene rings is 3. The summed E-state index contributed by atoms with van der Waals surface area (Å²) in [6.45, 7) is 5.62. The molecule has 35 heavy (non-hydrogen) atoms. The molecule has 0 atom stereocenters. The zero-order valence-electron chi connectivity index (χ0n) is 20.1. The molecule has 7 nitrogen and oxygen atoms in total. The summed E-state index contributed by atoms with van der Waals surface area (Å²) in [7, 11) is 1.47. The van der Waals surface area contributed by atoms with Crippen LogP contribution >= 0.6 is 0 Å². The van der Waals surface area contributed by atoms with Crippen molar-refractivity contribution in [1.82, 2.24) is 0 Å². The van der Waals surface area contributed by atoms with Crippen molar-refractivity contribution in [2.45, 2.75) is 20.8 Å². The van der Waals surface area contributed by atoms with Crippen LogP contribution in [-0.2, 0) is 9.59 Å². The molecule has 0 aliphatic rings. The molecule has 0 aliphatic heterocycles. The fourth-order valence-electron chi connectivity index (χ4n) is 3.41. The molecule has 0 bridgehead atoms. The number of carbonyl (C=O) groups excluding carboxylic acids is 2. The summed E-state index contributed by atoms with van der Waals surface area (Å²) < 4.78 is 11.0. The van der Waals surface area contributed by atoms with Gasteiger partial charge in [0.25, 0.3) is 11.8 Å². The third-order valence-corrected chi connectivity index (χ3v) is 5.15. The average molecular weight is 470 g/mol. The Morgan fingerprint density at radius 2 is 1.71 bits per heavy atom. The number of hydrogen-bond donors (Lipinski definition) is 2. The first-order chi connectivity index (χ1) is 16.8. The van der Waals surface area contributed by atoms with Crippen LogP contribution in [0, 0.1) is 32.1 Å². The molecule has 0 saturated carbocycles. The van der Waals surface area contributed by atoms with E-state index in [1.54, 1.807) is 24.3 Å². The number of carbonyl (C=O) groups is 2. The quantitative estimate of drug-likeness (QED) is 0.350. The lowest BCUT2D eigenvalue weighted by molar-refractivity contribution is -0.118. The first-order valence-electron chi connectivity index (χ1n) is 11.0. The van der Waals surface area contributed by atoms with Crippen molar-refractivity contribution in [3.05, 3.63) is 88.5 Å². The first-order valence-corrected chi connectivity index (χ1v) is 11.0. The van der Waals surface area contributed by atoms with Crippen LogP contribution < -0.4 is 20.1 Å². The van der Waals surface area contributed by atoms with Gasteiger partial charge < -0.3 is 20.1 Å². The van der Waals surface area contributed by atoms with E-state index in [0.29, 0.717) is 22.7 Å². The molecule has 0 aliphatic carbocycles. The Labute approximate surface area is 205 Å². The highest BCUT2D eigenvalue weighted by molar-refractivity contribution is 6.09. The smallest absolute Gasteiger partial charge is 0.266 e. The lowest BCUT2D eigenvalue weighted by atomic mass is 10.1. The molecule has 3 aromatic rings. The van der Waals surface area contributed by atoms with Gasteiger partial charge in [-0.05, 0) is 73.9 Å². The molecule has 0 unspecified atom stereocenters. The number of nitrogens with one attached hydrogen (secondary N) is 2. The molecule has 0 radical (unpaired) electrons. The van der Waals surface area contributed by atoms with Crippen LogP contribution in [0.2, 0.25) is 0 Å². The third kappa shape index (κ3) is 6.95. The minimum Gasteiger partial charge on any atom is -0.493 e. The lowest BCUT2D eigenvalue weighted by Gasteiger charge is -2.13. The molecule has 0 fully saturated rings. The number of rotatable bonds is 8. The van der Waals surface area contributed by atoms with E-state index >= 15 is 0 Å². The molecular formula is C28H27N3O4. The van der Waals surface area contributed by atoms with E-state index in [4.69, 9.17) is 9.47 Å². The molecule has 7 heteroatoms. The molecule has 3 aromatic carbocycles. The van der Waals surface area contributed by atoms with Gasteiger partial charge in [0.1, 0.15) is 11.6 Å². The Hall–Kier alpha value is -4.57. The molecular weight excluding hydrogens is 442 g/mol. The average Bonchev–Trinajstić information content (AvgIpc) is 2.83. The molecule has 0 spiro atoms. The van der Waals surface area contributed by atoms with E-state index in [-0.39, 0.29) is 18.1 Å². The van der Waals surface area contributed by atoms with Gasteiger partial charge in [-0.2, -0.15) is 5.26 Å². The lowest BCUT2D eigenvalue weighted by Crippen LogP contribution is -2.20. The van der Waals surface area contributed by atoms with Gasteiger partial charge in [0, 0.05) is 11.4 Å². The largest absolute Gasteiger partial charge is 0.493 e. The number of ether oxygens (including phenoxy) is 2. The maximum Gasteiger partial charge on any atom is 0.266 e. The summed E-state index contributed by atoms with van der Waals surface area (Å²) in [5.74, 6) is -0.0828. The van der Waals surface area contributed by atoms with Gasteiger partial charge in [-0.25, -0.2) is 0 Å². The van der Waals surface area contributed by atoms with Crippen molar-refractivity contribution in [2.75, 3.05) is 24.4 Å². The van der Waals surface area contributed by atoms with E-state index in [9.17, 15) is 14.9 Å². The van der Waals surface area contributed by atoms with Crippen molar-refractivity contribution in [3.8, 4) is 17.6 Å². The highest BCUT2D eigenvalue weighted by Crippen LogP contribution is 2.29. The van der Waals surface area contributed by atoms with Crippen LogP contribution in [0.3, 0.4) is 0 Å². The summed E-state index contributed by atoms with van der Waals surface area (Å²) in [5.41, 5.74) is 4.92. The standard InChI is InChI=1S/C28H27N3O4/c1-18-6-5-7-23(13-18)30-28(33)22(16-29)14-21-9-11-25(26(15-21)34-4)35-17-27(32)31-24-10-8-19(2)12-20(24)3/h5-15H,17H2,1-4H3,(H,30,33)(H,31,32)/b22-14+. The Morgan fingerprint density at radius 3 is 2.40 bits per heavy atom. The van der Waals surface area contributed by atoms with Gasteiger partial charge in [0.05, 0.1) is 7.11 Å². The fourth-order valence-corrected chi connectivity index (χ4v) is 3.41. The summed E-state index contributed by atoms with van der Waals surface area (Å²) >= 11 is 0. The van der Waals surface area contributed by atoms with Crippen LogP contribution in [0.25, 0.3) is 6.08 Å². The predicted octanol–water partition coefficient (Wildman–Crippen LogP) is 5.18. The Morgan fingerprint density at radius 1 is 0.943 bits per heavy atom. The molecule has 3 rings (SSSR count). The SMILES string of the molecule is COc1cc(/C=C(\C#N)C(=O)Nc2cccc(C)c2)ccc1OCC(=O)Nc1ccc(C)cc1C. The van der Waals surface area contributed by atoms with E-state index in [2.05, 4.69) is 10.6 Å². The summed E-state index contributed by atoms with van der Waals surface area (Å²) in [4.78, 5) is 24.9. The van der Waals surface area contributed by atoms with Gasteiger partial charge in [-0.1, -0.05) is 35.9 Å². The Bertz CT molecular complexity index is 1320. The van der Waals surface area contributed by atoms with Gasteiger partial charge in [0.15, 0.2) is 18.1 Å². The molecule has 0 heterocycles. The van der Waals surface area contributed by atoms with Crippen molar-refractivity contribution >= 4 is 29.3 Å². The van der Waals surface area contributed by atoms with Crippen molar-refractivity contribution < 1.29 is 19.1 Å². The second-order valence-electron chi connectivity index (χ2n) is 8.06. The molecule has 0 aromatic heterocycles. The minimum absolute atomic E-state index is 0.0601. The molecule has 178 valence electrons. The second-order valence-corrected chi connectivity index (χ2v) is 8.06. The first kappa shape index (κ1) is 25.1. The number of hydrogen-bond acceptors (Lipinski definition) is 5. The second kappa shape index (κ2) is 11.5. The van der Waals surface area contributed by atoms with Crippen LogP contribution in [0.4, 0.5) is 11.4 Å². The van der Waals surface area contributed by atoms with Crippen LogP contribution in [0.5, 0.6) is 11.5 Å². The van der Waals surface area contributed by atoms with Crippen LogP contribution in [0.1, 0.15) is 22.3 Å². The van der Waals surface area contributed by atoms with E-state index in [1.165, 1.54) is 13.2 Å². The van der Waals surface area contributed by atoms with Gasteiger partial charge in [-0.15, -0.1) is 0 Å². The maximum atomic E-state index is 12.5. The number of nitrogens with zero attached hydrogens (tertiary/aromatic N) is 1. The topological polar surface area (TPSA) is 100 Å². The number of nitriles is 1. The maximum absolute atomic E-state index is 12.5. The van der Waals surface area contributed by atoms with Crippen molar-refractivity contribution in [2.24, 2.45) is 0 Å². The van der Waals surface area contributed by atoms with Gasteiger partial charge in [0.2, 0.25) is 0 Å². The molecule has 2 amide bonds. The molecule has 2 N–H and O–H groups in total. The number of anilines is 2. The van der Waals surface area contributed by atoms with E-state index in [0.717, 1.165) is 22.4 Å². The van der Waals surface area contributed by atoms with E-state index in [1.807, 2.05) is 63.2 Å². The van der Waals surface area contributed by atoms with Crippen molar-refractivity contribution in [1.29, 1.82) is 5.26 Å². The number of amides is 2. The Balaban J connectivity index is 1.68. The third-order valence-electron chi connectivity index (χ3n) is 5.15. The zero-order chi connectivity index (χ0) is 25.4. The Kier molecular flexibility index (Phi) is 8.25. The zero-order valence-corrected chi connectivity index (χ0v) is 20.1. The summed E-state index contributed by atoms with van der Waals surface area (Å²) in [6.07, 6.45) is 1.46. The molecule has 0 saturated heterocycles. The predicted molar refractivity (Wildman–Crippen MR) is 136 cm³/mol. The highest BCUT2D eigenvalue weighted by atomic mass is 16.5. The summed E-state index contributed by atoms with van der Waals surface area (Å²) in [6, 6.07) is 20.0. The van der Waals surface area contributed by atoms with Gasteiger partial charge >= 0.3 is 0 Å². The van der Waals surface area contributed by atoms with E-state index < -0.39 is 5.91 Å². The normalized spacial score (nSPS) is 10.8. The monoisotopic (exact) mass is 469 g/mol. The summed E-state index contributed by atoms with van der Waals surface area (Å²) in [5, 5.41) is 15.0. The number of aryl methyl sites for hydroxylation is 3. The van der Waals surface area contributed by atoms with Crippen LogP contribution in [0.15, 0.2) is 66.2 Å². The van der Waals surface area contributed by atoms with Gasteiger partial charge in [-0.3, -0.25) is 9.59 Å². The minimum atomic E-state index is -0.513. The fraction of sp³-hybridized carbons (Fsp3) is 0.179. The number of methoxy groups -OCH3 is 1. The van der Waals surface area contributed by atoms with Crippen molar-refractivity contribution in [3.63, 3.8) is 0 Å². The van der Waals surface area contributed by atoms with Crippen LogP contribution in [-0.4, -0.2) is 25.5 Å².